The summed E-state index contributed by atoms with van der Waals surface area (Å²) < 4.78 is 0. The van der Waals surface area contributed by atoms with E-state index in [1.54, 1.807) is 23.5 Å². The van der Waals surface area contributed by atoms with Gasteiger partial charge in [-0.05, 0) is 38.0 Å². The Hall–Kier alpha value is -2.19. The number of carbonyl (C=O) groups is 1. The van der Waals surface area contributed by atoms with Crippen LogP contribution < -0.4 is 0 Å². The van der Waals surface area contributed by atoms with Crippen LogP contribution in [0.4, 0.5) is 0 Å². The van der Waals surface area contributed by atoms with Crippen LogP contribution in [0.2, 0.25) is 0 Å². The summed E-state index contributed by atoms with van der Waals surface area (Å²) in [6, 6.07) is 9.59. The van der Waals surface area contributed by atoms with E-state index in [4.69, 9.17) is 5.26 Å². The van der Waals surface area contributed by atoms with E-state index < -0.39 is 0 Å². The smallest absolute Gasteiger partial charge is 0.229 e. The minimum absolute atomic E-state index is 0.0808. The second-order valence-electron chi connectivity index (χ2n) is 5.69. The fourth-order valence-electron chi connectivity index (χ4n) is 2.29. The maximum atomic E-state index is 12.6. The van der Waals surface area contributed by atoms with E-state index >= 15 is 0 Å². The lowest BCUT2D eigenvalue weighted by Gasteiger charge is -2.26. The van der Waals surface area contributed by atoms with E-state index in [1.807, 2.05) is 36.3 Å². The summed E-state index contributed by atoms with van der Waals surface area (Å²) >= 11 is 1.61. The first kappa shape index (κ1) is 17.2. The molecule has 0 atom stereocenters. The molecule has 23 heavy (non-hydrogen) atoms. The molecule has 1 heterocycles. The number of hydrogen-bond acceptors (Lipinski definition) is 4. The van der Waals surface area contributed by atoms with Gasteiger partial charge in [-0.25, -0.2) is 4.98 Å². The Morgan fingerprint density at radius 2 is 2.04 bits per heavy atom. The van der Waals surface area contributed by atoms with Gasteiger partial charge in [0.15, 0.2) is 0 Å². The molecule has 0 aliphatic heterocycles. The minimum atomic E-state index is 0.0808. The highest BCUT2D eigenvalue weighted by Gasteiger charge is 2.18. The highest BCUT2D eigenvalue weighted by molar-refractivity contribution is 7.09. The summed E-state index contributed by atoms with van der Waals surface area (Å²) in [5, 5.41) is 11.9. The SMILES string of the molecule is CCc1nc(CC(=O)N(Cc2ccc(C#N)cc2)C(C)C)cs1. The van der Waals surface area contributed by atoms with E-state index in [1.165, 1.54) is 0 Å². The van der Waals surface area contributed by atoms with Crippen LogP contribution >= 0.6 is 11.3 Å². The third-order valence-electron chi connectivity index (χ3n) is 3.61. The molecule has 0 unspecified atom stereocenters. The van der Waals surface area contributed by atoms with Crippen LogP contribution in [0.5, 0.6) is 0 Å². The van der Waals surface area contributed by atoms with Crippen molar-refractivity contribution in [2.75, 3.05) is 0 Å². The molecular formula is C18H21N3OS. The predicted molar refractivity (Wildman–Crippen MR) is 92.0 cm³/mol. The lowest BCUT2D eigenvalue weighted by Crippen LogP contribution is -2.37. The highest BCUT2D eigenvalue weighted by atomic mass is 32.1. The maximum absolute atomic E-state index is 12.6. The first-order chi connectivity index (χ1) is 11.0. The number of hydrogen-bond donors (Lipinski definition) is 0. The zero-order chi connectivity index (χ0) is 16.8. The number of nitrogens with zero attached hydrogens (tertiary/aromatic N) is 3. The summed E-state index contributed by atoms with van der Waals surface area (Å²) in [5.41, 5.74) is 2.51. The van der Waals surface area contributed by atoms with Crippen molar-refractivity contribution in [3.8, 4) is 6.07 Å². The molecule has 0 bridgehead atoms. The zero-order valence-corrected chi connectivity index (χ0v) is 14.6. The fourth-order valence-corrected chi connectivity index (χ4v) is 3.03. The Balaban J connectivity index is 2.07. The van der Waals surface area contributed by atoms with Gasteiger partial charge in [0.1, 0.15) is 0 Å². The third kappa shape index (κ3) is 4.64. The molecule has 0 saturated heterocycles. The van der Waals surface area contributed by atoms with Gasteiger partial charge in [-0.15, -0.1) is 11.3 Å². The molecule has 4 nitrogen and oxygen atoms in total. The summed E-state index contributed by atoms with van der Waals surface area (Å²) in [5.74, 6) is 0.0808. The molecule has 0 radical (unpaired) electrons. The molecule has 0 aliphatic rings. The van der Waals surface area contributed by atoms with Crippen LogP contribution in [0.1, 0.15) is 42.6 Å². The van der Waals surface area contributed by atoms with Crippen molar-refractivity contribution < 1.29 is 4.79 Å². The second kappa shape index (κ2) is 7.89. The monoisotopic (exact) mass is 327 g/mol. The summed E-state index contributed by atoms with van der Waals surface area (Å²) in [6.07, 6.45) is 1.24. The lowest BCUT2D eigenvalue weighted by atomic mass is 10.1. The quantitative estimate of drug-likeness (QED) is 0.815. The number of benzene rings is 1. The molecule has 0 saturated carbocycles. The van der Waals surface area contributed by atoms with Crippen molar-refractivity contribution >= 4 is 17.2 Å². The van der Waals surface area contributed by atoms with Gasteiger partial charge in [-0.1, -0.05) is 19.1 Å². The van der Waals surface area contributed by atoms with Crippen molar-refractivity contribution in [2.45, 2.75) is 46.2 Å². The van der Waals surface area contributed by atoms with Crippen LogP contribution in [-0.2, 0) is 24.2 Å². The van der Waals surface area contributed by atoms with E-state index in [-0.39, 0.29) is 11.9 Å². The Kier molecular flexibility index (Phi) is 5.89. The molecule has 5 heteroatoms. The van der Waals surface area contributed by atoms with Gasteiger partial charge >= 0.3 is 0 Å². The number of aryl methyl sites for hydroxylation is 1. The molecular weight excluding hydrogens is 306 g/mol. The number of amides is 1. The van der Waals surface area contributed by atoms with Crippen molar-refractivity contribution in [3.63, 3.8) is 0 Å². The second-order valence-corrected chi connectivity index (χ2v) is 6.63. The van der Waals surface area contributed by atoms with Crippen LogP contribution in [0.3, 0.4) is 0 Å². The molecule has 0 spiro atoms. The molecule has 1 aromatic heterocycles. The van der Waals surface area contributed by atoms with E-state index in [9.17, 15) is 4.79 Å². The Morgan fingerprint density at radius 1 is 1.35 bits per heavy atom. The molecule has 0 fully saturated rings. The molecule has 2 aromatic rings. The van der Waals surface area contributed by atoms with Gasteiger partial charge in [-0.3, -0.25) is 4.79 Å². The van der Waals surface area contributed by atoms with Gasteiger partial charge in [0, 0.05) is 18.0 Å². The lowest BCUT2D eigenvalue weighted by molar-refractivity contribution is -0.132. The Morgan fingerprint density at radius 3 is 2.57 bits per heavy atom. The summed E-state index contributed by atoms with van der Waals surface area (Å²) in [7, 11) is 0. The van der Waals surface area contributed by atoms with Gasteiger partial charge in [0.2, 0.25) is 5.91 Å². The fraction of sp³-hybridized carbons (Fsp3) is 0.389. The Bertz CT molecular complexity index is 698. The van der Waals surface area contributed by atoms with Crippen LogP contribution in [0, 0.1) is 11.3 Å². The highest BCUT2D eigenvalue weighted by Crippen LogP contribution is 2.15. The van der Waals surface area contributed by atoms with Gasteiger partial charge in [-0.2, -0.15) is 5.26 Å². The standard InChI is InChI=1S/C18H21N3OS/c1-4-17-20-16(12-23-17)9-18(22)21(13(2)3)11-15-7-5-14(10-19)6-8-15/h5-8,12-13H,4,9,11H2,1-3H3. The van der Waals surface area contributed by atoms with Crippen molar-refractivity contribution in [2.24, 2.45) is 0 Å². The first-order valence-corrected chi connectivity index (χ1v) is 8.63. The topological polar surface area (TPSA) is 57.0 Å². The molecule has 0 aliphatic carbocycles. The maximum Gasteiger partial charge on any atom is 0.229 e. The molecule has 1 amide bonds. The van der Waals surface area contributed by atoms with E-state index in [0.29, 0.717) is 18.5 Å². The van der Waals surface area contributed by atoms with Crippen LogP contribution in [0.15, 0.2) is 29.6 Å². The third-order valence-corrected chi connectivity index (χ3v) is 4.66. The normalized spacial score (nSPS) is 10.6. The first-order valence-electron chi connectivity index (χ1n) is 7.75. The zero-order valence-electron chi connectivity index (χ0n) is 13.7. The summed E-state index contributed by atoms with van der Waals surface area (Å²) in [4.78, 5) is 18.9. The number of aromatic nitrogens is 1. The van der Waals surface area contributed by atoms with Crippen molar-refractivity contribution in [1.82, 2.24) is 9.88 Å². The molecule has 0 N–H and O–H groups in total. The molecule has 2 rings (SSSR count). The average Bonchev–Trinajstić information content (AvgIpc) is 3.00. The van der Waals surface area contributed by atoms with Crippen LogP contribution in [-0.4, -0.2) is 21.8 Å². The van der Waals surface area contributed by atoms with Gasteiger partial charge < -0.3 is 4.90 Å². The summed E-state index contributed by atoms with van der Waals surface area (Å²) in [6.45, 7) is 6.64. The number of carbonyl (C=O) groups excluding carboxylic acids is 1. The minimum Gasteiger partial charge on any atom is -0.336 e. The van der Waals surface area contributed by atoms with E-state index in [0.717, 1.165) is 22.7 Å². The van der Waals surface area contributed by atoms with Crippen molar-refractivity contribution in [3.05, 3.63) is 51.5 Å². The van der Waals surface area contributed by atoms with Crippen molar-refractivity contribution in [1.29, 1.82) is 5.26 Å². The van der Waals surface area contributed by atoms with Gasteiger partial charge in [0.05, 0.1) is 28.8 Å². The Labute approximate surface area is 141 Å². The van der Waals surface area contributed by atoms with E-state index in [2.05, 4.69) is 18.0 Å². The molecule has 120 valence electrons. The predicted octanol–water partition coefficient (Wildman–Crippen LogP) is 3.56. The number of thiazole rings is 1. The number of nitriles is 1. The molecule has 1 aromatic carbocycles. The largest absolute Gasteiger partial charge is 0.336 e. The van der Waals surface area contributed by atoms with Crippen LogP contribution in [0.25, 0.3) is 0 Å². The average molecular weight is 327 g/mol. The number of rotatable bonds is 6. The van der Waals surface area contributed by atoms with Gasteiger partial charge in [0.25, 0.3) is 0 Å².